The summed E-state index contributed by atoms with van der Waals surface area (Å²) in [6.45, 7) is 1.75. The molecule has 3 heterocycles. The lowest BCUT2D eigenvalue weighted by Gasteiger charge is -2.31. The van der Waals surface area contributed by atoms with E-state index < -0.39 is 0 Å². The van der Waals surface area contributed by atoms with Gasteiger partial charge < -0.3 is 26.6 Å². The molecular weight excluding hydrogens is 350 g/mol. The second-order valence-corrected chi connectivity index (χ2v) is 7.64. The van der Waals surface area contributed by atoms with Crippen LogP contribution in [0.3, 0.4) is 0 Å². The fraction of sp³-hybridized carbons (Fsp3) is 0.318. The van der Waals surface area contributed by atoms with E-state index in [4.69, 9.17) is 0 Å². The number of fused-ring (bicyclic) bond motifs is 1. The van der Waals surface area contributed by atoms with Gasteiger partial charge in [-0.2, -0.15) is 0 Å². The van der Waals surface area contributed by atoms with Crippen LogP contribution in [0.15, 0.2) is 71.2 Å². The molecule has 0 radical (unpaired) electrons. The van der Waals surface area contributed by atoms with Crippen molar-refractivity contribution in [3.63, 3.8) is 0 Å². The summed E-state index contributed by atoms with van der Waals surface area (Å²) in [5.41, 5.74) is 7.28. The summed E-state index contributed by atoms with van der Waals surface area (Å²) in [7, 11) is 0. The van der Waals surface area contributed by atoms with Crippen molar-refractivity contribution in [2.45, 2.75) is 31.5 Å². The second-order valence-electron chi connectivity index (χ2n) is 7.64. The highest BCUT2D eigenvalue weighted by atomic mass is 16.2. The number of allylic oxidation sites excluding steroid dienone is 2. The molecule has 0 spiro atoms. The SMILES string of the molecule is O=C(NC1C=CC2=C(C=C(C3=CNC3)CN2)N1)NC1CCCc2ccccc21. The van der Waals surface area contributed by atoms with Crippen molar-refractivity contribution in [2.24, 2.45) is 0 Å². The van der Waals surface area contributed by atoms with E-state index in [1.54, 1.807) is 0 Å². The molecule has 2 unspecified atom stereocenters. The quantitative estimate of drug-likeness (QED) is 0.561. The fourth-order valence-corrected chi connectivity index (χ4v) is 4.21. The summed E-state index contributed by atoms with van der Waals surface area (Å²) in [5, 5.41) is 16.2. The third-order valence-corrected chi connectivity index (χ3v) is 5.79. The Kier molecular flexibility index (Phi) is 4.31. The van der Waals surface area contributed by atoms with Gasteiger partial charge in [-0.1, -0.05) is 24.3 Å². The van der Waals surface area contributed by atoms with E-state index >= 15 is 0 Å². The first-order chi connectivity index (χ1) is 13.8. The highest BCUT2D eigenvalue weighted by molar-refractivity contribution is 5.75. The van der Waals surface area contributed by atoms with Gasteiger partial charge in [0.25, 0.3) is 0 Å². The first-order valence-electron chi connectivity index (χ1n) is 9.97. The van der Waals surface area contributed by atoms with E-state index in [0.717, 1.165) is 43.7 Å². The first-order valence-corrected chi connectivity index (χ1v) is 9.97. The Morgan fingerprint density at radius 3 is 2.82 bits per heavy atom. The molecule has 0 aromatic heterocycles. The molecule has 3 aliphatic heterocycles. The largest absolute Gasteiger partial charge is 0.386 e. The number of carbonyl (C=O) groups excluding carboxylic acids is 1. The van der Waals surface area contributed by atoms with Crippen LogP contribution in [0.5, 0.6) is 0 Å². The summed E-state index contributed by atoms with van der Waals surface area (Å²) in [6, 6.07) is 8.33. The molecular formula is C22H25N5O. The molecule has 0 saturated carbocycles. The van der Waals surface area contributed by atoms with Gasteiger partial charge in [0, 0.05) is 19.3 Å². The summed E-state index contributed by atoms with van der Waals surface area (Å²) in [4.78, 5) is 12.6. The maximum atomic E-state index is 12.6. The lowest BCUT2D eigenvalue weighted by molar-refractivity contribution is 0.232. The van der Waals surface area contributed by atoms with E-state index in [9.17, 15) is 4.79 Å². The van der Waals surface area contributed by atoms with E-state index in [-0.39, 0.29) is 18.2 Å². The molecule has 1 aromatic rings. The molecule has 1 aromatic carbocycles. The summed E-state index contributed by atoms with van der Waals surface area (Å²) >= 11 is 0. The maximum Gasteiger partial charge on any atom is 0.317 e. The highest BCUT2D eigenvalue weighted by Gasteiger charge is 2.24. The third kappa shape index (κ3) is 3.26. The molecule has 6 nitrogen and oxygen atoms in total. The molecule has 2 atom stereocenters. The standard InChI is InChI=1S/C22H25N5O/c28-22(26-18-7-3-5-14-4-1-2-6-17(14)18)27-21-9-8-19-20(25-21)10-15(13-24-19)16-11-23-12-16/h1-2,4,6,8-11,18,21,23-25H,3,5,7,12-13H2,(H2,26,27,28). The van der Waals surface area contributed by atoms with Crippen LogP contribution in [0.1, 0.15) is 30.0 Å². The van der Waals surface area contributed by atoms with Gasteiger partial charge >= 0.3 is 6.03 Å². The van der Waals surface area contributed by atoms with Gasteiger partial charge in [0.05, 0.1) is 17.4 Å². The molecule has 0 bridgehead atoms. The minimum atomic E-state index is -0.233. The highest BCUT2D eigenvalue weighted by Crippen LogP contribution is 2.29. The summed E-state index contributed by atoms with van der Waals surface area (Å²) in [5.74, 6) is 0. The minimum Gasteiger partial charge on any atom is -0.386 e. The van der Waals surface area contributed by atoms with Crippen LogP contribution >= 0.6 is 0 Å². The van der Waals surface area contributed by atoms with E-state index in [0.29, 0.717) is 0 Å². The van der Waals surface area contributed by atoms with Crippen LogP contribution in [0.4, 0.5) is 4.79 Å². The number of urea groups is 1. The molecule has 5 rings (SSSR count). The first kappa shape index (κ1) is 17.0. The number of rotatable bonds is 3. The molecule has 4 aliphatic rings. The van der Waals surface area contributed by atoms with Crippen LogP contribution in [0.25, 0.3) is 0 Å². The minimum absolute atomic E-state index is 0.0770. The second kappa shape index (κ2) is 7.11. The Bertz CT molecular complexity index is 927. The predicted octanol–water partition coefficient (Wildman–Crippen LogP) is 2.08. The Morgan fingerprint density at radius 1 is 1.07 bits per heavy atom. The van der Waals surface area contributed by atoms with Crippen LogP contribution < -0.4 is 26.6 Å². The van der Waals surface area contributed by atoms with Crippen molar-refractivity contribution in [2.75, 3.05) is 13.1 Å². The fourth-order valence-electron chi connectivity index (χ4n) is 4.21. The lowest BCUT2D eigenvalue weighted by atomic mass is 9.88. The molecule has 2 amide bonds. The smallest absolute Gasteiger partial charge is 0.317 e. The zero-order chi connectivity index (χ0) is 18.9. The molecule has 144 valence electrons. The topological polar surface area (TPSA) is 77.2 Å². The number of carbonyl (C=O) groups is 1. The van der Waals surface area contributed by atoms with Crippen molar-refractivity contribution < 1.29 is 4.79 Å². The average Bonchev–Trinajstić information content (AvgIpc) is 2.67. The average molecular weight is 375 g/mol. The van der Waals surface area contributed by atoms with Gasteiger partial charge in [0.1, 0.15) is 6.17 Å². The molecule has 0 fully saturated rings. The zero-order valence-electron chi connectivity index (χ0n) is 15.7. The molecule has 5 N–H and O–H groups in total. The van der Waals surface area contributed by atoms with Crippen LogP contribution in [-0.4, -0.2) is 25.3 Å². The molecule has 0 saturated heterocycles. The Hall–Kier alpha value is -3.15. The zero-order valence-corrected chi connectivity index (χ0v) is 15.7. The van der Waals surface area contributed by atoms with Crippen LogP contribution in [0, 0.1) is 0 Å². The number of aryl methyl sites for hydroxylation is 1. The number of dihydropyridines is 2. The van der Waals surface area contributed by atoms with Crippen LogP contribution in [0.2, 0.25) is 0 Å². The third-order valence-electron chi connectivity index (χ3n) is 5.79. The van der Waals surface area contributed by atoms with E-state index in [2.05, 4.69) is 50.9 Å². The monoisotopic (exact) mass is 375 g/mol. The number of hydrogen-bond donors (Lipinski definition) is 5. The molecule has 1 aliphatic carbocycles. The Morgan fingerprint density at radius 2 is 1.96 bits per heavy atom. The van der Waals surface area contributed by atoms with Gasteiger partial charge in [-0.05, 0) is 59.8 Å². The van der Waals surface area contributed by atoms with Gasteiger partial charge in [0.15, 0.2) is 0 Å². The lowest BCUT2D eigenvalue weighted by Crippen LogP contribution is -2.50. The number of benzene rings is 1. The summed E-state index contributed by atoms with van der Waals surface area (Å²) < 4.78 is 0. The van der Waals surface area contributed by atoms with Crippen molar-refractivity contribution in [1.29, 1.82) is 0 Å². The molecule has 6 heteroatoms. The van der Waals surface area contributed by atoms with Crippen molar-refractivity contribution in [3.05, 3.63) is 82.4 Å². The van der Waals surface area contributed by atoms with Crippen molar-refractivity contribution in [3.8, 4) is 0 Å². The van der Waals surface area contributed by atoms with Crippen molar-refractivity contribution in [1.82, 2.24) is 26.6 Å². The number of amides is 2. The van der Waals surface area contributed by atoms with E-state index in [1.807, 2.05) is 24.4 Å². The van der Waals surface area contributed by atoms with Gasteiger partial charge in [-0.3, -0.25) is 0 Å². The Labute approximate surface area is 164 Å². The number of nitrogens with one attached hydrogen (secondary N) is 5. The van der Waals surface area contributed by atoms with Gasteiger partial charge in [-0.15, -0.1) is 0 Å². The predicted molar refractivity (Wildman–Crippen MR) is 109 cm³/mol. The van der Waals surface area contributed by atoms with E-state index in [1.165, 1.54) is 22.3 Å². The normalized spacial score (nSPS) is 24.9. The molecule has 28 heavy (non-hydrogen) atoms. The van der Waals surface area contributed by atoms with Crippen LogP contribution in [-0.2, 0) is 6.42 Å². The van der Waals surface area contributed by atoms with Gasteiger partial charge in [0.2, 0.25) is 0 Å². The Balaban J connectivity index is 1.22. The van der Waals surface area contributed by atoms with Gasteiger partial charge in [-0.25, -0.2) is 4.79 Å². The number of hydrogen-bond acceptors (Lipinski definition) is 4. The summed E-state index contributed by atoms with van der Waals surface area (Å²) in [6.07, 6.45) is 11.2. The maximum absolute atomic E-state index is 12.6. The van der Waals surface area contributed by atoms with Crippen molar-refractivity contribution >= 4 is 6.03 Å².